The van der Waals surface area contributed by atoms with Gasteiger partial charge in [0, 0.05) is 17.1 Å². The van der Waals surface area contributed by atoms with Gasteiger partial charge in [0.05, 0.1) is 5.52 Å². The molecule has 1 atom stereocenters. The molecule has 2 aromatic carbocycles. The predicted octanol–water partition coefficient (Wildman–Crippen LogP) is 3.62. The van der Waals surface area contributed by atoms with Crippen LogP contribution in [0.3, 0.4) is 0 Å². The van der Waals surface area contributed by atoms with E-state index in [1.54, 1.807) is 6.20 Å². The number of aliphatic hydroxyl groups excluding tert-OH is 1. The zero-order valence-corrected chi connectivity index (χ0v) is 10.7. The van der Waals surface area contributed by atoms with Crippen LogP contribution < -0.4 is 0 Å². The molecule has 1 N–H and O–H groups in total. The zero-order valence-electron chi connectivity index (χ0n) is 10.7. The molecule has 94 valence electrons. The average Bonchev–Trinajstić information content (AvgIpc) is 2.47. The minimum atomic E-state index is -0.640. The molecule has 0 saturated carbocycles. The molecule has 1 aromatic heterocycles. The van der Waals surface area contributed by atoms with Crippen molar-refractivity contribution in [2.75, 3.05) is 0 Å². The van der Waals surface area contributed by atoms with E-state index in [9.17, 15) is 5.11 Å². The highest BCUT2D eigenvalue weighted by Gasteiger charge is 2.13. The van der Waals surface area contributed by atoms with Crippen molar-refractivity contribution in [3.8, 4) is 0 Å². The second kappa shape index (κ2) is 4.82. The van der Waals surface area contributed by atoms with E-state index in [1.807, 2.05) is 61.5 Å². The van der Waals surface area contributed by atoms with Crippen LogP contribution >= 0.6 is 0 Å². The highest BCUT2D eigenvalue weighted by Crippen LogP contribution is 2.27. The van der Waals surface area contributed by atoms with Gasteiger partial charge in [-0.05, 0) is 18.6 Å². The molecule has 0 aliphatic carbocycles. The summed E-state index contributed by atoms with van der Waals surface area (Å²) in [7, 11) is 0. The first-order chi connectivity index (χ1) is 9.25. The fourth-order valence-electron chi connectivity index (χ4n) is 2.28. The minimum Gasteiger partial charge on any atom is -0.384 e. The Bertz CT molecular complexity index is 699. The van der Waals surface area contributed by atoms with Gasteiger partial charge in [-0.15, -0.1) is 0 Å². The first-order valence-corrected chi connectivity index (χ1v) is 6.34. The van der Waals surface area contributed by atoms with Gasteiger partial charge in [-0.1, -0.05) is 54.1 Å². The van der Waals surface area contributed by atoms with Gasteiger partial charge in [-0.3, -0.25) is 4.98 Å². The molecule has 0 aliphatic heterocycles. The van der Waals surface area contributed by atoms with E-state index < -0.39 is 6.10 Å². The third-order valence-electron chi connectivity index (χ3n) is 3.35. The molecule has 0 amide bonds. The lowest BCUT2D eigenvalue weighted by atomic mass is 9.98. The molecule has 3 aromatic rings. The standard InChI is InChI=1S/C17H15NO/c1-12-7-9-14(10-8-12)17(19)15-6-2-4-13-5-3-11-18-16(13)15/h2-11,17,19H,1H3. The Morgan fingerprint density at radius 2 is 1.68 bits per heavy atom. The van der Waals surface area contributed by atoms with Crippen molar-refractivity contribution >= 4 is 10.9 Å². The number of pyridine rings is 1. The predicted molar refractivity (Wildman–Crippen MR) is 77.0 cm³/mol. The quantitative estimate of drug-likeness (QED) is 0.752. The van der Waals surface area contributed by atoms with Gasteiger partial charge in [-0.2, -0.15) is 0 Å². The molecular formula is C17H15NO. The van der Waals surface area contributed by atoms with Crippen LogP contribution in [0.1, 0.15) is 22.8 Å². The molecule has 0 spiro atoms. The number of nitrogens with zero attached hydrogens (tertiary/aromatic N) is 1. The van der Waals surface area contributed by atoms with E-state index in [4.69, 9.17) is 0 Å². The second-order valence-electron chi connectivity index (χ2n) is 4.74. The van der Waals surface area contributed by atoms with Crippen LogP contribution in [0.2, 0.25) is 0 Å². The Hall–Kier alpha value is -2.19. The van der Waals surface area contributed by atoms with E-state index in [2.05, 4.69) is 4.98 Å². The Morgan fingerprint density at radius 3 is 2.47 bits per heavy atom. The molecule has 2 heteroatoms. The van der Waals surface area contributed by atoms with Crippen LogP contribution in [0.15, 0.2) is 60.8 Å². The van der Waals surface area contributed by atoms with Crippen LogP contribution in [0, 0.1) is 6.92 Å². The molecule has 0 fully saturated rings. The Morgan fingerprint density at radius 1 is 0.947 bits per heavy atom. The normalized spacial score (nSPS) is 12.5. The van der Waals surface area contributed by atoms with Crippen LogP contribution in [-0.4, -0.2) is 10.1 Å². The molecule has 19 heavy (non-hydrogen) atoms. The smallest absolute Gasteiger partial charge is 0.106 e. The van der Waals surface area contributed by atoms with E-state index in [-0.39, 0.29) is 0 Å². The molecule has 3 rings (SSSR count). The SMILES string of the molecule is Cc1ccc(C(O)c2cccc3cccnc23)cc1. The van der Waals surface area contributed by atoms with Crippen LogP contribution in [0.4, 0.5) is 0 Å². The lowest BCUT2D eigenvalue weighted by Gasteiger charge is -2.13. The maximum absolute atomic E-state index is 10.5. The second-order valence-corrected chi connectivity index (χ2v) is 4.74. The Labute approximate surface area is 112 Å². The molecule has 0 saturated heterocycles. The molecule has 1 unspecified atom stereocenters. The largest absolute Gasteiger partial charge is 0.384 e. The maximum atomic E-state index is 10.5. The number of benzene rings is 2. The Kier molecular flexibility index (Phi) is 3.02. The summed E-state index contributed by atoms with van der Waals surface area (Å²) < 4.78 is 0. The van der Waals surface area contributed by atoms with E-state index in [0.717, 1.165) is 22.0 Å². The summed E-state index contributed by atoms with van der Waals surface area (Å²) in [5.74, 6) is 0. The van der Waals surface area contributed by atoms with Crippen molar-refractivity contribution in [3.05, 3.63) is 77.5 Å². The Balaban J connectivity index is 2.11. The van der Waals surface area contributed by atoms with E-state index in [0.29, 0.717) is 0 Å². The monoisotopic (exact) mass is 249 g/mol. The summed E-state index contributed by atoms with van der Waals surface area (Å²) in [6, 6.07) is 17.8. The van der Waals surface area contributed by atoms with Gasteiger partial charge in [0.1, 0.15) is 6.10 Å². The van der Waals surface area contributed by atoms with Crippen molar-refractivity contribution < 1.29 is 5.11 Å². The summed E-state index contributed by atoms with van der Waals surface area (Å²) in [6.45, 7) is 2.04. The summed E-state index contributed by atoms with van der Waals surface area (Å²) in [6.07, 6.45) is 1.12. The number of hydrogen-bond donors (Lipinski definition) is 1. The number of rotatable bonds is 2. The first-order valence-electron chi connectivity index (χ1n) is 6.34. The minimum absolute atomic E-state index is 0.640. The maximum Gasteiger partial charge on any atom is 0.106 e. The lowest BCUT2D eigenvalue weighted by Crippen LogP contribution is -2.01. The lowest BCUT2D eigenvalue weighted by molar-refractivity contribution is 0.221. The van der Waals surface area contributed by atoms with Crippen LogP contribution in [0.5, 0.6) is 0 Å². The number of hydrogen-bond acceptors (Lipinski definition) is 2. The summed E-state index contributed by atoms with van der Waals surface area (Å²) in [4.78, 5) is 4.39. The summed E-state index contributed by atoms with van der Waals surface area (Å²) >= 11 is 0. The van der Waals surface area contributed by atoms with E-state index >= 15 is 0 Å². The van der Waals surface area contributed by atoms with Crippen molar-refractivity contribution in [1.82, 2.24) is 4.98 Å². The number of fused-ring (bicyclic) bond motifs is 1. The molecule has 2 nitrogen and oxygen atoms in total. The third kappa shape index (κ3) is 2.23. The van der Waals surface area contributed by atoms with Gasteiger partial charge in [0.2, 0.25) is 0 Å². The van der Waals surface area contributed by atoms with Crippen molar-refractivity contribution in [2.45, 2.75) is 13.0 Å². The fourth-order valence-corrected chi connectivity index (χ4v) is 2.28. The summed E-state index contributed by atoms with van der Waals surface area (Å²) in [5, 5.41) is 11.6. The van der Waals surface area contributed by atoms with Crippen molar-refractivity contribution in [1.29, 1.82) is 0 Å². The summed E-state index contributed by atoms with van der Waals surface area (Å²) in [5.41, 5.74) is 3.79. The van der Waals surface area contributed by atoms with Gasteiger partial charge in [-0.25, -0.2) is 0 Å². The topological polar surface area (TPSA) is 33.1 Å². The van der Waals surface area contributed by atoms with Gasteiger partial charge in [0.25, 0.3) is 0 Å². The van der Waals surface area contributed by atoms with Crippen LogP contribution in [0.25, 0.3) is 10.9 Å². The first kappa shape index (κ1) is 11.9. The van der Waals surface area contributed by atoms with Crippen LogP contribution in [-0.2, 0) is 0 Å². The molecule has 0 radical (unpaired) electrons. The zero-order chi connectivity index (χ0) is 13.2. The number of para-hydroxylation sites is 1. The van der Waals surface area contributed by atoms with Gasteiger partial charge >= 0.3 is 0 Å². The van der Waals surface area contributed by atoms with Crippen molar-refractivity contribution in [2.24, 2.45) is 0 Å². The highest BCUT2D eigenvalue weighted by molar-refractivity contribution is 5.82. The highest BCUT2D eigenvalue weighted by atomic mass is 16.3. The molecule has 0 bridgehead atoms. The van der Waals surface area contributed by atoms with E-state index in [1.165, 1.54) is 5.56 Å². The number of aromatic nitrogens is 1. The molecule has 0 aliphatic rings. The number of aryl methyl sites for hydroxylation is 1. The average molecular weight is 249 g/mol. The third-order valence-corrected chi connectivity index (χ3v) is 3.35. The van der Waals surface area contributed by atoms with Gasteiger partial charge < -0.3 is 5.11 Å². The van der Waals surface area contributed by atoms with Crippen molar-refractivity contribution in [3.63, 3.8) is 0 Å². The fraction of sp³-hybridized carbons (Fsp3) is 0.118. The molecule has 1 heterocycles. The van der Waals surface area contributed by atoms with Gasteiger partial charge in [0.15, 0.2) is 0 Å². The molecular weight excluding hydrogens is 234 g/mol. The number of aliphatic hydroxyl groups is 1.